The van der Waals surface area contributed by atoms with Crippen molar-refractivity contribution in [3.05, 3.63) is 59.7 Å². The molecule has 21 heavy (non-hydrogen) atoms. The molecule has 0 aliphatic rings. The highest BCUT2D eigenvalue weighted by Crippen LogP contribution is 2.25. The number of hydrogen-bond donors (Lipinski definition) is 2. The molecular formula is C17H21BO3. The molecule has 0 radical (unpaired) electrons. The lowest BCUT2D eigenvalue weighted by atomic mass is 9.80. The van der Waals surface area contributed by atoms with Gasteiger partial charge in [-0.15, -0.1) is 0 Å². The Labute approximate surface area is 126 Å². The molecule has 0 aliphatic heterocycles. The molecule has 2 N–H and O–H groups in total. The highest BCUT2D eigenvalue weighted by molar-refractivity contribution is 6.58. The minimum Gasteiger partial charge on any atom is -0.489 e. The first-order chi connectivity index (χ1) is 9.86. The Morgan fingerprint density at radius 3 is 2.24 bits per heavy atom. The fourth-order valence-corrected chi connectivity index (χ4v) is 2.01. The fourth-order valence-electron chi connectivity index (χ4n) is 2.01. The molecule has 110 valence electrons. The first-order valence-electron chi connectivity index (χ1n) is 7.04. The predicted molar refractivity (Wildman–Crippen MR) is 85.7 cm³/mol. The average molecular weight is 284 g/mol. The predicted octanol–water partition coefficient (Wildman–Crippen LogP) is 2.24. The lowest BCUT2D eigenvalue weighted by Crippen LogP contribution is -2.29. The van der Waals surface area contributed by atoms with Gasteiger partial charge < -0.3 is 14.8 Å². The molecule has 0 amide bonds. The van der Waals surface area contributed by atoms with Crippen LogP contribution in [-0.2, 0) is 12.0 Å². The van der Waals surface area contributed by atoms with Crippen LogP contribution in [0.5, 0.6) is 5.75 Å². The first kappa shape index (κ1) is 15.6. The average Bonchev–Trinajstić information content (AvgIpc) is 2.45. The van der Waals surface area contributed by atoms with Crippen molar-refractivity contribution in [3.8, 4) is 5.75 Å². The Kier molecular flexibility index (Phi) is 4.71. The zero-order chi connectivity index (χ0) is 15.5. The van der Waals surface area contributed by atoms with E-state index < -0.39 is 7.12 Å². The molecule has 4 heteroatoms. The Bertz CT molecular complexity index is 586. The molecule has 0 fully saturated rings. The van der Waals surface area contributed by atoms with E-state index in [2.05, 4.69) is 32.9 Å². The summed E-state index contributed by atoms with van der Waals surface area (Å²) >= 11 is 0. The fraction of sp³-hybridized carbons (Fsp3) is 0.294. The molecule has 2 aromatic carbocycles. The van der Waals surface area contributed by atoms with Crippen molar-refractivity contribution >= 4 is 12.6 Å². The van der Waals surface area contributed by atoms with Gasteiger partial charge in [0.05, 0.1) is 0 Å². The van der Waals surface area contributed by atoms with Gasteiger partial charge in [0.25, 0.3) is 0 Å². The van der Waals surface area contributed by atoms with Gasteiger partial charge in [-0.1, -0.05) is 57.2 Å². The van der Waals surface area contributed by atoms with Crippen LogP contribution >= 0.6 is 0 Å². The molecule has 0 spiro atoms. The van der Waals surface area contributed by atoms with Crippen LogP contribution in [-0.4, -0.2) is 17.2 Å². The lowest BCUT2D eigenvalue weighted by Gasteiger charge is -2.19. The smallest absolute Gasteiger partial charge is 0.488 e. The van der Waals surface area contributed by atoms with Crippen LogP contribution in [0.2, 0.25) is 0 Å². The highest BCUT2D eigenvalue weighted by atomic mass is 16.5. The Balaban J connectivity index is 2.03. The molecule has 0 aliphatic carbocycles. The molecule has 0 saturated heterocycles. The van der Waals surface area contributed by atoms with Gasteiger partial charge in [-0.2, -0.15) is 0 Å². The maximum absolute atomic E-state index is 9.05. The molecule has 0 unspecified atom stereocenters. The first-order valence-corrected chi connectivity index (χ1v) is 7.04. The second kappa shape index (κ2) is 6.33. The quantitative estimate of drug-likeness (QED) is 0.847. The van der Waals surface area contributed by atoms with Crippen molar-refractivity contribution in [2.24, 2.45) is 0 Å². The van der Waals surface area contributed by atoms with Crippen molar-refractivity contribution in [1.82, 2.24) is 0 Å². The zero-order valence-corrected chi connectivity index (χ0v) is 12.7. The Morgan fingerprint density at radius 2 is 1.67 bits per heavy atom. The van der Waals surface area contributed by atoms with Crippen molar-refractivity contribution in [2.45, 2.75) is 32.8 Å². The molecule has 0 heterocycles. The van der Waals surface area contributed by atoms with E-state index in [1.807, 2.05) is 24.3 Å². The largest absolute Gasteiger partial charge is 0.489 e. The van der Waals surface area contributed by atoms with Crippen LogP contribution in [0.1, 0.15) is 31.9 Å². The molecule has 0 aromatic heterocycles. The Morgan fingerprint density at radius 1 is 1.00 bits per heavy atom. The van der Waals surface area contributed by atoms with Gasteiger partial charge in [0.2, 0.25) is 0 Å². The van der Waals surface area contributed by atoms with E-state index in [0.29, 0.717) is 12.1 Å². The van der Waals surface area contributed by atoms with Gasteiger partial charge in [0.15, 0.2) is 0 Å². The summed E-state index contributed by atoms with van der Waals surface area (Å²) < 4.78 is 5.80. The minimum atomic E-state index is -1.43. The van der Waals surface area contributed by atoms with Crippen molar-refractivity contribution in [3.63, 3.8) is 0 Å². The third-order valence-electron chi connectivity index (χ3n) is 3.38. The van der Waals surface area contributed by atoms with E-state index in [4.69, 9.17) is 14.8 Å². The second-order valence-electron chi connectivity index (χ2n) is 6.18. The van der Waals surface area contributed by atoms with Gasteiger partial charge in [-0.05, 0) is 34.1 Å². The maximum Gasteiger partial charge on any atom is 0.488 e. The van der Waals surface area contributed by atoms with Crippen LogP contribution in [0.15, 0.2) is 48.5 Å². The number of hydrogen-bond acceptors (Lipinski definition) is 3. The standard InChI is InChI=1S/C17H21BO3/c1-17(2,3)14-5-4-6-16(11-14)21-12-13-7-9-15(10-8-13)18(19)20/h4-11,19-20H,12H2,1-3H3. The summed E-state index contributed by atoms with van der Waals surface area (Å²) in [4.78, 5) is 0. The van der Waals surface area contributed by atoms with Gasteiger partial charge >= 0.3 is 7.12 Å². The van der Waals surface area contributed by atoms with Crippen molar-refractivity contribution in [1.29, 1.82) is 0 Å². The summed E-state index contributed by atoms with van der Waals surface area (Å²) in [6, 6.07) is 15.2. The van der Waals surface area contributed by atoms with Crippen molar-refractivity contribution in [2.75, 3.05) is 0 Å². The summed E-state index contributed by atoms with van der Waals surface area (Å²) in [5.41, 5.74) is 2.80. The molecule has 2 aromatic rings. The minimum absolute atomic E-state index is 0.0955. The van der Waals surface area contributed by atoms with Crippen LogP contribution in [0.25, 0.3) is 0 Å². The molecule has 3 nitrogen and oxygen atoms in total. The molecule has 0 bridgehead atoms. The number of rotatable bonds is 4. The van der Waals surface area contributed by atoms with E-state index in [1.54, 1.807) is 12.1 Å². The van der Waals surface area contributed by atoms with Crippen LogP contribution in [0.4, 0.5) is 0 Å². The molecule has 0 saturated carbocycles. The van der Waals surface area contributed by atoms with E-state index >= 15 is 0 Å². The van der Waals surface area contributed by atoms with E-state index in [0.717, 1.165) is 11.3 Å². The maximum atomic E-state index is 9.05. The van der Waals surface area contributed by atoms with Crippen LogP contribution < -0.4 is 10.2 Å². The highest BCUT2D eigenvalue weighted by Gasteiger charge is 2.14. The summed E-state index contributed by atoms with van der Waals surface area (Å²) in [5.74, 6) is 0.841. The zero-order valence-electron chi connectivity index (χ0n) is 12.7. The molecular weight excluding hydrogens is 263 g/mol. The monoisotopic (exact) mass is 284 g/mol. The summed E-state index contributed by atoms with van der Waals surface area (Å²) in [5, 5.41) is 18.1. The van der Waals surface area contributed by atoms with Gasteiger partial charge in [0.1, 0.15) is 12.4 Å². The Hall–Kier alpha value is -1.78. The van der Waals surface area contributed by atoms with E-state index in [9.17, 15) is 0 Å². The van der Waals surface area contributed by atoms with Crippen LogP contribution in [0, 0.1) is 0 Å². The molecule has 2 rings (SSSR count). The lowest BCUT2D eigenvalue weighted by molar-refractivity contribution is 0.305. The van der Waals surface area contributed by atoms with Crippen molar-refractivity contribution < 1.29 is 14.8 Å². The van der Waals surface area contributed by atoms with Gasteiger partial charge in [-0.25, -0.2) is 0 Å². The SMILES string of the molecule is CC(C)(C)c1cccc(OCc2ccc(B(O)O)cc2)c1. The summed E-state index contributed by atoms with van der Waals surface area (Å²) in [7, 11) is -1.43. The van der Waals surface area contributed by atoms with Crippen LogP contribution in [0.3, 0.4) is 0 Å². The van der Waals surface area contributed by atoms with Gasteiger partial charge in [-0.3, -0.25) is 0 Å². The normalized spacial score (nSPS) is 11.3. The number of ether oxygens (including phenoxy) is 1. The van der Waals surface area contributed by atoms with E-state index in [-0.39, 0.29) is 5.41 Å². The summed E-state index contributed by atoms with van der Waals surface area (Å²) in [6.07, 6.45) is 0. The third kappa shape index (κ3) is 4.35. The third-order valence-corrected chi connectivity index (χ3v) is 3.38. The van der Waals surface area contributed by atoms with Gasteiger partial charge in [0, 0.05) is 0 Å². The summed E-state index contributed by atoms with van der Waals surface area (Å²) in [6.45, 7) is 6.97. The number of benzene rings is 2. The second-order valence-corrected chi connectivity index (χ2v) is 6.18. The molecule has 0 atom stereocenters. The van der Waals surface area contributed by atoms with E-state index in [1.165, 1.54) is 5.56 Å². The topological polar surface area (TPSA) is 49.7 Å².